The van der Waals surface area contributed by atoms with Crippen molar-refractivity contribution in [3.05, 3.63) is 64.7 Å². The quantitative estimate of drug-likeness (QED) is 0.904. The van der Waals surface area contributed by atoms with Gasteiger partial charge in [-0.2, -0.15) is 5.26 Å². The third kappa shape index (κ3) is 3.84. The van der Waals surface area contributed by atoms with Crippen LogP contribution in [0.15, 0.2) is 42.5 Å². The van der Waals surface area contributed by atoms with E-state index >= 15 is 0 Å². The summed E-state index contributed by atoms with van der Waals surface area (Å²) >= 11 is 0. The predicted octanol–water partition coefficient (Wildman–Crippen LogP) is 3.89. The van der Waals surface area contributed by atoms with Gasteiger partial charge in [-0.25, -0.2) is 0 Å². The minimum absolute atomic E-state index is 0.417. The molecule has 2 aromatic carbocycles. The molecule has 3 nitrogen and oxygen atoms in total. The Labute approximate surface area is 125 Å². The Morgan fingerprint density at radius 2 is 1.90 bits per heavy atom. The van der Waals surface area contributed by atoms with Crippen molar-refractivity contribution in [3.8, 4) is 11.8 Å². The minimum Gasteiger partial charge on any atom is -0.489 e. The van der Waals surface area contributed by atoms with Crippen LogP contribution >= 0.6 is 0 Å². The number of aliphatic hydroxyl groups is 1. The molecule has 0 heterocycles. The lowest BCUT2D eigenvalue weighted by Gasteiger charge is -2.11. The fourth-order valence-electron chi connectivity index (χ4n) is 2.11. The number of ether oxygens (including phenoxy) is 1. The van der Waals surface area contributed by atoms with E-state index in [1.165, 1.54) is 0 Å². The first kappa shape index (κ1) is 15.1. The van der Waals surface area contributed by atoms with Gasteiger partial charge in [0.05, 0.1) is 17.7 Å². The number of aryl methyl sites for hydroxylation is 1. The Kier molecular flexibility index (Phi) is 4.97. The Hall–Kier alpha value is -2.31. The normalized spacial score (nSPS) is 11.7. The third-order valence-corrected chi connectivity index (χ3v) is 3.52. The van der Waals surface area contributed by atoms with E-state index in [0.717, 1.165) is 22.4 Å². The molecule has 2 rings (SSSR count). The number of hydrogen-bond donors (Lipinski definition) is 1. The number of benzene rings is 2. The third-order valence-electron chi connectivity index (χ3n) is 3.52. The Morgan fingerprint density at radius 3 is 2.48 bits per heavy atom. The lowest BCUT2D eigenvalue weighted by atomic mass is 10.1. The number of rotatable bonds is 5. The van der Waals surface area contributed by atoms with Crippen LogP contribution in [0.4, 0.5) is 0 Å². The highest BCUT2D eigenvalue weighted by atomic mass is 16.5. The van der Waals surface area contributed by atoms with Crippen molar-refractivity contribution >= 4 is 0 Å². The van der Waals surface area contributed by atoms with Gasteiger partial charge in [-0.1, -0.05) is 25.1 Å². The maximum Gasteiger partial charge on any atom is 0.119 e. The van der Waals surface area contributed by atoms with Crippen LogP contribution in [0.3, 0.4) is 0 Å². The molecule has 1 atom stereocenters. The summed E-state index contributed by atoms with van der Waals surface area (Å²) in [5.74, 6) is 0.769. The van der Waals surface area contributed by atoms with Gasteiger partial charge in [0.15, 0.2) is 0 Å². The average Bonchev–Trinajstić information content (AvgIpc) is 2.53. The molecule has 0 aliphatic heterocycles. The molecular weight excluding hydrogens is 262 g/mol. The van der Waals surface area contributed by atoms with Crippen LogP contribution in [-0.2, 0) is 6.61 Å². The summed E-state index contributed by atoms with van der Waals surface area (Å²) < 4.78 is 5.75. The molecule has 0 amide bonds. The van der Waals surface area contributed by atoms with E-state index in [4.69, 9.17) is 10.00 Å². The van der Waals surface area contributed by atoms with E-state index in [-0.39, 0.29) is 0 Å². The highest BCUT2D eigenvalue weighted by molar-refractivity contribution is 5.37. The molecule has 3 heteroatoms. The SMILES string of the molecule is CC[C@@H](O)c1ccc(OCc2ccc(C#N)cc2C)cc1. The summed E-state index contributed by atoms with van der Waals surface area (Å²) in [6, 6.07) is 15.2. The lowest BCUT2D eigenvalue weighted by molar-refractivity contribution is 0.173. The first-order valence-electron chi connectivity index (χ1n) is 7.04. The van der Waals surface area contributed by atoms with Crippen molar-refractivity contribution in [2.75, 3.05) is 0 Å². The molecule has 0 saturated carbocycles. The van der Waals surface area contributed by atoms with Gasteiger partial charge in [0.25, 0.3) is 0 Å². The average molecular weight is 281 g/mol. The molecule has 2 aromatic rings. The van der Waals surface area contributed by atoms with E-state index < -0.39 is 6.10 Å². The number of hydrogen-bond acceptors (Lipinski definition) is 3. The summed E-state index contributed by atoms with van der Waals surface area (Å²) in [4.78, 5) is 0. The second-order valence-corrected chi connectivity index (χ2v) is 5.03. The number of nitriles is 1. The molecule has 0 radical (unpaired) electrons. The summed E-state index contributed by atoms with van der Waals surface area (Å²) in [5.41, 5.74) is 3.67. The van der Waals surface area contributed by atoms with Crippen molar-refractivity contribution in [2.45, 2.75) is 33.0 Å². The second-order valence-electron chi connectivity index (χ2n) is 5.03. The Bertz CT molecular complexity index is 641. The van der Waals surface area contributed by atoms with Gasteiger partial charge in [0, 0.05) is 0 Å². The topological polar surface area (TPSA) is 53.2 Å². The molecule has 0 aliphatic carbocycles. The maximum atomic E-state index is 9.75. The van der Waals surface area contributed by atoms with Crippen molar-refractivity contribution in [1.29, 1.82) is 5.26 Å². The second kappa shape index (κ2) is 6.92. The smallest absolute Gasteiger partial charge is 0.119 e. The predicted molar refractivity (Wildman–Crippen MR) is 81.9 cm³/mol. The summed E-state index contributed by atoms with van der Waals surface area (Å²) in [6.45, 7) is 4.39. The summed E-state index contributed by atoms with van der Waals surface area (Å²) in [5, 5.41) is 18.6. The molecule has 1 N–H and O–H groups in total. The zero-order valence-electron chi connectivity index (χ0n) is 12.3. The van der Waals surface area contributed by atoms with Gasteiger partial charge < -0.3 is 9.84 Å². The Balaban J connectivity index is 2.02. The number of aliphatic hydroxyl groups excluding tert-OH is 1. The molecule has 108 valence electrons. The fourth-order valence-corrected chi connectivity index (χ4v) is 2.11. The lowest BCUT2D eigenvalue weighted by Crippen LogP contribution is -1.99. The van der Waals surface area contributed by atoms with Crippen LogP contribution in [0.1, 0.15) is 41.7 Å². The minimum atomic E-state index is -0.417. The van der Waals surface area contributed by atoms with Gasteiger partial charge in [0.1, 0.15) is 12.4 Å². The molecule has 0 aliphatic rings. The van der Waals surface area contributed by atoms with Gasteiger partial charge in [0.2, 0.25) is 0 Å². The molecule has 0 saturated heterocycles. The van der Waals surface area contributed by atoms with Crippen LogP contribution in [0.2, 0.25) is 0 Å². The highest BCUT2D eigenvalue weighted by Gasteiger charge is 2.05. The van der Waals surface area contributed by atoms with Crippen molar-refractivity contribution in [1.82, 2.24) is 0 Å². The fraction of sp³-hybridized carbons (Fsp3) is 0.278. The van der Waals surface area contributed by atoms with Crippen molar-refractivity contribution in [3.63, 3.8) is 0 Å². The van der Waals surface area contributed by atoms with Crippen LogP contribution in [0.5, 0.6) is 5.75 Å². The van der Waals surface area contributed by atoms with Crippen LogP contribution in [0.25, 0.3) is 0 Å². The Morgan fingerprint density at radius 1 is 1.19 bits per heavy atom. The zero-order valence-corrected chi connectivity index (χ0v) is 12.3. The van der Waals surface area contributed by atoms with Crippen LogP contribution < -0.4 is 4.74 Å². The molecule has 0 fully saturated rings. The van der Waals surface area contributed by atoms with Gasteiger partial charge in [-0.3, -0.25) is 0 Å². The summed E-state index contributed by atoms with van der Waals surface area (Å²) in [7, 11) is 0. The van der Waals surface area contributed by atoms with E-state index in [1.807, 2.05) is 50.2 Å². The maximum absolute atomic E-state index is 9.75. The molecule has 0 unspecified atom stereocenters. The molecule has 0 aromatic heterocycles. The first-order valence-corrected chi connectivity index (χ1v) is 7.04. The molecule has 21 heavy (non-hydrogen) atoms. The van der Waals surface area contributed by atoms with E-state index in [0.29, 0.717) is 18.6 Å². The van der Waals surface area contributed by atoms with Crippen LogP contribution in [-0.4, -0.2) is 5.11 Å². The molecule has 0 bridgehead atoms. The van der Waals surface area contributed by atoms with Gasteiger partial charge >= 0.3 is 0 Å². The zero-order chi connectivity index (χ0) is 15.2. The van der Waals surface area contributed by atoms with Crippen molar-refractivity contribution in [2.24, 2.45) is 0 Å². The van der Waals surface area contributed by atoms with Crippen molar-refractivity contribution < 1.29 is 9.84 Å². The first-order chi connectivity index (χ1) is 10.1. The van der Waals surface area contributed by atoms with Gasteiger partial charge in [-0.05, 0) is 54.3 Å². The largest absolute Gasteiger partial charge is 0.489 e. The standard InChI is InChI=1S/C18H19NO2/c1-3-18(20)15-6-8-17(9-7-15)21-12-16-5-4-14(11-19)10-13(16)2/h4-10,18,20H,3,12H2,1-2H3/t18-/m1/s1. The monoisotopic (exact) mass is 281 g/mol. The highest BCUT2D eigenvalue weighted by Crippen LogP contribution is 2.21. The van der Waals surface area contributed by atoms with E-state index in [2.05, 4.69) is 6.07 Å². The summed E-state index contributed by atoms with van der Waals surface area (Å²) in [6.07, 6.45) is 0.282. The van der Waals surface area contributed by atoms with E-state index in [9.17, 15) is 5.11 Å². The molecule has 0 spiro atoms. The van der Waals surface area contributed by atoms with E-state index in [1.54, 1.807) is 6.07 Å². The molecular formula is C18H19NO2. The van der Waals surface area contributed by atoms with Gasteiger partial charge in [-0.15, -0.1) is 0 Å². The number of nitrogens with zero attached hydrogens (tertiary/aromatic N) is 1. The van der Waals surface area contributed by atoms with Crippen LogP contribution in [0, 0.1) is 18.3 Å².